The lowest BCUT2D eigenvalue weighted by Crippen LogP contribution is -2.03. The maximum Gasteiger partial charge on any atom is 0.328 e. The summed E-state index contributed by atoms with van der Waals surface area (Å²) in [6, 6.07) is 6.65. The van der Waals surface area contributed by atoms with Crippen LogP contribution in [0, 0.1) is 5.92 Å². The lowest BCUT2D eigenvalue weighted by molar-refractivity contribution is -0.131. The molecule has 0 radical (unpaired) electrons. The highest BCUT2D eigenvalue weighted by Crippen LogP contribution is 2.55. The molecule has 0 bridgehead atoms. The molecule has 2 aromatic rings. The van der Waals surface area contributed by atoms with Crippen molar-refractivity contribution in [2.75, 3.05) is 0 Å². The number of aliphatic carboxylic acids is 1. The Morgan fingerprint density at radius 1 is 1.37 bits per heavy atom. The van der Waals surface area contributed by atoms with Gasteiger partial charge in [0.2, 0.25) is 0 Å². The number of carboxylic acid groups (broad SMARTS) is 1. The molecule has 3 heteroatoms. The van der Waals surface area contributed by atoms with E-state index in [0.29, 0.717) is 5.92 Å². The van der Waals surface area contributed by atoms with Crippen LogP contribution in [0.25, 0.3) is 11.0 Å². The predicted octanol–water partition coefficient (Wildman–Crippen LogP) is 6.20. The molecule has 0 saturated heterocycles. The molecule has 144 valence electrons. The zero-order valence-electron chi connectivity index (χ0n) is 16.8. The number of fused-ring (bicyclic) bond motifs is 1. The van der Waals surface area contributed by atoms with E-state index < -0.39 is 5.97 Å². The number of furan rings is 1. The fraction of sp³-hybridized carbons (Fsp3) is 0.458. The minimum atomic E-state index is -0.896. The van der Waals surface area contributed by atoms with Crippen molar-refractivity contribution in [1.29, 1.82) is 0 Å². The van der Waals surface area contributed by atoms with Crippen LogP contribution in [0.5, 0.6) is 0 Å². The molecule has 0 amide bonds. The monoisotopic (exact) mass is 366 g/mol. The Hall–Kier alpha value is -2.29. The molecule has 27 heavy (non-hydrogen) atoms. The molecule has 1 aromatic heterocycles. The van der Waals surface area contributed by atoms with E-state index in [-0.39, 0.29) is 5.41 Å². The van der Waals surface area contributed by atoms with Gasteiger partial charge < -0.3 is 9.52 Å². The maximum absolute atomic E-state index is 10.8. The van der Waals surface area contributed by atoms with Crippen molar-refractivity contribution >= 4 is 16.9 Å². The van der Waals surface area contributed by atoms with Crippen molar-refractivity contribution in [1.82, 2.24) is 0 Å². The van der Waals surface area contributed by atoms with Crippen LogP contribution >= 0.6 is 0 Å². The molecule has 1 aromatic carbocycles. The Labute approximate surface area is 161 Å². The lowest BCUT2D eigenvalue weighted by atomic mass is 9.92. The van der Waals surface area contributed by atoms with E-state index in [1.54, 1.807) is 0 Å². The summed E-state index contributed by atoms with van der Waals surface area (Å²) in [6.07, 6.45) is 10.8. The van der Waals surface area contributed by atoms with E-state index in [1.165, 1.54) is 35.4 Å². The van der Waals surface area contributed by atoms with Gasteiger partial charge in [-0.2, -0.15) is 0 Å². The number of rotatable bonds is 8. The third-order valence-electron chi connectivity index (χ3n) is 5.88. The largest absolute Gasteiger partial charge is 0.478 e. The zero-order chi connectivity index (χ0) is 19.6. The van der Waals surface area contributed by atoms with Gasteiger partial charge >= 0.3 is 5.97 Å². The van der Waals surface area contributed by atoms with E-state index in [2.05, 4.69) is 45.0 Å². The van der Waals surface area contributed by atoms with Gasteiger partial charge in [-0.15, -0.1) is 0 Å². The smallest absolute Gasteiger partial charge is 0.328 e. The molecule has 1 heterocycles. The quantitative estimate of drug-likeness (QED) is 0.447. The fourth-order valence-corrected chi connectivity index (χ4v) is 3.99. The van der Waals surface area contributed by atoms with Gasteiger partial charge in [-0.05, 0) is 60.8 Å². The summed E-state index contributed by atoms with van der Waals surface area (Å²) in [5.74, 6) is 0.679. The Morgan fingerprint density at radius 3 is 2.81 bits per heavy atom. The van der Waals surface area contributed by atoms with Gasteiger partial charge in [0.05, 0.1) is 0 Å². The number of allylic oxidation sites excluding steroid dienone is 3. The van der Waals surface area contributed by atoms with Gasteiger partial charge in [0.15, 0.2) is 0 Å². The first-order valence-electron chi connectivity index (χ1n) is 10.0. The van der Waals surface area contributed by atoms with E-state index in [9.17, 15) is 4.79 Å². The highest BCUT2D eigenvalue weighted by atomic mass is 16.4. The number of benzene rings is 1. The van der Waals surface area contributed by atoms with E-state index in [0.717, 1.165) is 36.2 Å². The molecule has 1 aliphatic carbocycles. The highest BCUT2D eigenvalue weighted by Gasteiger charge is 2.49. The SMILES string of the molecule is CCCCc1c(CC)oc2ccc(C3(C)CC3/C=C/C(C)=C/C(=O)O)cc12. The average molecular weight is 367 g/mol. The van der Waals surface area contributed by atoms with Crippen molar-refractivity contribution < 1.29 is 14.3 Å². The fourth-order valence-electron chi connectivity index (χ4n) is 3.99. The maximum atomic E-state index is 10.8. The second-order valence-electron chi connectivity index (χ2n) is 7.99. The molecule has 3 rings (SSSR count). The van der Waals surface area contributed by atoms with Crippen LogP contribution in [-0.2, 0) is 23.1 Å². The highest BCUT2D eigenvalue weighted by molar-refractivity contribution is 5.83. The van der Waals surface area contributed by atoms with Crippen molar-refractivity contribution in [3.05, 3.63) is 58.9 Å². The van der Waals surface area contributed by atoms with Crippen LogP contribution in [0.4, 0.5) is 0 Å². The van der Waals surface area contributed by atoms with Gasteiger partial charge in [0.25, 0.3) is 0 Å². The van der Waals surface area contributed by atoms with Gasteiger partial charge in [-0.1, -0.05) is 45.4 Å². The molecule has 0 aliphatic heterocycles. The molecular weight excluding hydrogens is 336 g/mol. The van der Waals surface area contributed by atoms with Gasteiger partial charge in [-0.25, -0.2) is 4.79 Å². The first-order valence-corrected chi connectivity index (χ1v) is 10.0. The van der Waals surface area contributed by atoms with Crippen LogP contribution < -0.4 is 0 Å². The van der Waals surface area contributed by atoms with E-state index in [4.69, 9.17) is 9.52 Å². The molecule has 1 aliphatic rings. The Morgan fingerprint density at radius 2 is 2.15 bits per heavy atom. The Balaban J connectivity index is 1.87. The molecule has 1 saturated carbocycles. The van der Waals surface area contributed by atoms with Crippen LogP contribution in [0.2, 0.25) is 0 Å². The van der Waals surface area contributed by atoms with Crippen molar-refractivity contribution in [2.45, 2.75) is 65.2 Å². The van der Waals surface area contributed by atoms with E-state index >= 15 is 0 Å². The topological polar surface area (TPSA) is 50.4 Å². The third-order valence-corrected chi connectivity index (χ3v) is 5.88. The van der Waals surface area contributed by atoms with Crippen molar-refractivity contribution in [2.24, 2.45) is 5.92 Å². The standard InChI is InChI=1S/C24H30O3/c1-5-7-8-19-20-14-17(11-12-22(20)27-21(19)6-2)24(4)15-18(24)10-9-16(3)13-23(25)26/h9-14,18H,5-8,15H2,1-4H3,(H,25,26)/b10-9+,16-13+. The summed E-state index contributed by atoms with van der Waals surface area (Å²) in [6.45, 7) is 8.51. The van der Waals surface area contributed by atoms with Crippen LogP contribution in [-0.4, -0.2) is 11.1 Å². The summed E-state index contributed by atoms with van der Waals surface area (Å²) in [5.41, 5.74) is 4.63. The van der Waals surface area contributed by atoms with Crippen molar-refractivity contribution in [3.8, 4) is 0 Å². The zero-order valence-corrected chi connectivity index (χ0v) is 16.8. The predicted molar refractivity (Wildman–Crippen MR) is 110 cm³/mol. The molecule has 0 spiro atoms. The van der Waals surface area contributed by atoms with E-state index in [1.807, 2.05) is 13.0 Å². The number of carboxylic acids is 1. The molecule has 2 unspecified atom stereocenters. The van der Waals surface area contributed by atoms with Crippen LogP contribution in [0.1, 0.15) is 63.8 Å². The number of carbonyl (C=O) groups is 1. The average Bonchev–Trinajstić information content (AvgIpc) is 3.17. The third kappa shape index (κ3) is 4.02. The molecular formula is C24H30O3. The summed E-state index contributed by atoms with van der Waals surface area (Å²) in [5, 5.41) is 10.1. The number of aryl methyl sites for hydroxylation is 2. The van der Waals surface area contributed by atoms with Crippen LogP contribution in [0.3, 0.4) is 0 Å². The normalized spacial score (nSPS) is 22.7. The minimum absolute atomic E-state index is 0.125. The molecule has 2 atom stereocenters. The first kappa shape index (κ1) is 19.5. The second kappa shape index (κ2) is 7.75. The molecule has 3 nitrogen and oxygen atoms in total. The van der Waals surface area contributed by atoms with Crippen LogP contribution in [0.15, 0.2) is 46.4 Å². The first-order chi connectivity index (χ1) is 12.9. The summed E-state index contributed by atoms with van der Waals surface area (Å²) < 4.78 is 6.10. The van der Waals surface area contributed by atoms with Crippen molar-refractivity contribution in [3.63, 3.8) is 0 Å². The summed E-state index contributed by atoms with van der Waals surface area (Å²) >= 11 is 0. The minimum Gasteiger partial charge on any atom is -0.478 e. The Kier molecular flexibility index (Phi) is 5.59. The number of hydrogen-bond donors (Lipinski definition) is 1. The molecule has 1 N–H and O–H groups in total. The van der Waals surface area contributed by atoms with Gasteiger partial charge in [0, 0.05) is 23.4 Å². The second-order valence-corrected chi connectivity index (χ2v) is 7.99. The number of unbranched alkanes of at least 4 members (excludes halogenated alkanes) is 1. The Bertz CT molecular complexity index is 900. The number of hydrogen-bond acceptors (Lipinski definition) is 2. The van der Waals surface area contributed by atoms with Gasteiger partial charge in [0.1, 0.15) is 11.3 Å². The lowest BCUT2D eigenvalue weighted by Gasteiger charge is -2.11. The van der Waals surface area contributed by atoms with Gasteiger partial charge in [-0.3, -0.25) is 0 Å². The summed E-state index contributed by atoms with van der Waals surface area (Å²) in [4.78, 5) is 10.8. The molecule has 1 fully saturated rings. The summed E-state index contributed by atoms with van der Waals surface area (Å²) in [7, 11) is 0.